The second kappa shape index (κ2) is 6.35. The first-order chi connectivity index (χ1) is 9.15. The molecule has 0 bridgehead atoms. The van der Waals surface area contributed by atoms with Gasteiger partial charge in [-0.05, 0) is 31.5 Å². The highest BCUT2D eigenvalue weighted by Gasteiger charge is 2.21. The first-order valence-corrected chi connectivity index (χ1v) is 7.04. The first-order valence-electron chi connectivity index (χ1n) is 7.04. The summed E-state index contributed by atoms with van der Waals surface area (Å²) >= 11 is 0. The standard InChI is InChI=1S/C15H23FN2O/c1-3-12(2)17-6-8-18(9-7-17)15-5-4-14(16)10-13(15)11-19/h4-5,10,12,19H,3,6-9,11H2,1-2H3. The van der Waals surface area contributed by atoms with Crippen molar-refractivity contribution in [3.8, 4) is 0 Å². The van der Waals surface area contributed by atoms with Gasteiger partial charge in [0, 0.05) is 43.5 Å². The molecule has 1 aliphatic heterocycles. The van der Waals surface area contributed by atoms with Crippen molar-refractivity contribution < 1.29 is 9.50 Å². The third-order valence-corrected chi connectivity index (χ3v) is 4.08. The summed E-state index contributed by atoms with van der Waals surface area (Å²) in [6.07, 6.45) is 1.17. The summed E-state index contributed by atoms with van der Waals surface area (Å²) in [6, 6.07) is 5.29. The van der Waals surface area contributed by atoms with Crippen LogP contribution in [0.25, 0.3) is 0 Å². The molecule has 4 heteroatoms. The summed E-state index contributed by atoms with van der Waals surface area (Å²) in [5, 5.41) is 9.35. The van der Waals surface area contributed by atoms with Gasteiger partial charge in [0.15, 0.2) is 0 Å². The highest BCUT2D eigenvalue weighted by molar-refractivity contribution is 5.54. The molecular formula is C15H23FN2O. The minimum Gasteiger partial charge on any atom is -0.392 e. The Hall–Kier alpha value is -1.13. The molecule has 2 rings (SSSR count). The van der Waals surface area contributed by atoms with Crippen LogP contribution < -0.4 is 4.90 Å². The molecule has 1 atom stereocenters. The van der Waals surface area contributed by atoms with Gasteiger partial charge in [-0.2, -0.15) is 0 Å². The van der Waals surface area contributed by atoms with E-state index in [0.717, 1.165) is 31.9 Å². The molecule has 0 amide bonds. The fraction of sp³-hybridized carbons (Fsp3) is 0.600. The largest absolute Gasteiger partial charge is 0.392 e. The second-order valence-electron chi connectivity index (χ2n) is 5.21. The normalized spacial score (nSPS) is 18.6. The van der Waals surface area contributed by atoms with E-state index >= 15 is 0 Å². The average molecular weight is 266 g/mol. The molecule has 0 saturated carbocycles. The number of aliphatic hydroxyl groups is 1. The summed E-state index contributed by atoms with van der Waals surface area (Å²) < 4.78 is 13.2. The fourth-order valence-corrected chi connectivity index (χ4v) is 2.65. The maximum atomic E-state index is 13.2. The Bertz CT molecular complexity index is 417. The number of hydrogen-bond donors (Lipinski definition) is 1. The lowest BCUT2D eigenvalue weighted by Crippen LogP contribution is -2.49. The van der Waals surface area contributed by atoms with Crippen LogP contribution >= 0.6 is 0 Å². The van der Waals surface area contributed by atoms with Crippen LogP contribution in [0.15, 0.2) is 18.2 Å². The number of nitrogens with zero attached hydrogens (tertiary/aromatic N) is 2. The Balaban J connectivity index is 2.05. The first kappa shape index (κ1) is 14.3. The third kappa shape index (κ3) is 3.25. The fourth-order valence-electron chi connectivity index (χ4n) is 2.65. The minimum absolute atomic E-state index is 0.112. The number of aliphatic hydroxyl groups excluding tert-OH is 1. The van der Waals surface area contributed by atoms with Gasteiger partial charge in [0.1, 0.15) is 5.82 Å². The van der Waals surface area contributed by atoms with Crippen molar-refractivity contribution in [3.63, 3.8) is 0 Å². The van der Waals surface area contributed by atoms with E-state index < -0.39 is 0 Å². The average Bonchev–Trinajstić information content (AvgIpc) is 2.46. The Labute approximate surface area is 114 Å². The van der Waals surface area contributed by atoms with Crippen LogP contribution in [-0.4, -0.2) is 42.2 Å². The number of anilines is 1. The molecule has 1 aliphatic rings. The molecule has 106 valence electrons. The molecule has 1 aromatic rings. The van der Waals surface area contributed by atoms with E-state index in [0.29, 0.717) is 11.6 Å². The van der Waals surface area contributed by atoms with Crippen LogP contribution in [0.4, 0.5) is 10.1 Å². The molecule has 1 aromatic carbocycles. The van der Waals surface area contributed by atoms with Gasteiger partial charge in [-0.25, -0.2) is 4.39 Å². The lowest BCUT2D eigenvalue weighted by Gasteiger charge is -2.39. The topological polar surface area (TPSA) is 26.7 Å². The van der Waals surface area contributed by atoms with E-state index in [9.17, 15) is 9.50 Å². The number of rotatable bonds is 4. The van der Waals surface area contributed by atoms with Gasteiger partial charge in [-0.1, -0.05) is 6.92 Å². The molecule has 0 radical (unpaired) electrons. The lowest BCUT2D eigenvalue weighted by molar-refractivity contribution is 0.192. The lowest BCUT2D eigenvalue weighted by atomic mass is 10.1. The van der Waals surface area contributed by atoms with Gasteiger partial charge < -0.3 is 10.0 Å². The summed E-state index contributed by atoms with van der Waals surface area (Å²) in [5.74, 6) is -0.286. The number of benzene rings is 1. The molecule has 1 unspecified atom stereocenters. The molecule has 0 spiro atoms. The quantitative estimate of drug-likeness (QED) is 0.905. The van der Waals surface area contributed by atoms with E-state index in [2.05, 4.69) is 23.6 Å². The Morgan fingerprint density at radius 1 is 1.26 bits per heavy atom. The van der Waals surface area contributed by atoms with Crippen molar-refractivity contribution in [2.24, 2.45) is 0 Å². The zero-order chi connectivity index (χ0) is 13.8. The van der Waals surface area contributed by atoms with Crippen molar-refractivity contribution in [1.29, 1.82) is 0 Å². The molecule has 19 heavy (non-hydrogen) atoms. The van der Waals surface area contributed by atoms with Crippen LogP contribution in [-0.2, 0) is 6.61 Å². The van der Waals surface area contributed by atoms with E-state index in [4.69, 9.17) is 0 Å². The summed E-state index contributed by atoms with van der Waals surface area (Å²) in [5.41, 5.74) is 1.64. The molecule has 1 N–H and O–H groups in total. The predicted molar refractivity (Wildman–Crippen MR) is 75.9 cm³/mol. The molecule has 1 heterocycles. The van der Waals surface area contributed by atoms with Crippen LogP contribution in [0.3, 0.4) is 0 Å². The van der Waals surface area contributed by atoms with Crippen LogP contribution in [0.1, 0.15) is 25.8 Å². The maximum Gasteiger partial charge on any atom is 0.123 e. The smallest absolute Gasteiger partial charge is 0.123 e. The van der Waals surface area contributed by atoms with E-state index in [-0.39, 0.29) is 12.4 Å². The SMILES string of the molecule is CCC(C)N1CCN(c2ccc(F)cc2CO)CC1. The van der Waals surface area contributed by atoms with Crippen LogP contribution in [0.5, 0.6) is 0 Å². The maximum absolute atomic E-state index is 13.2. The van der Waals surface area contributed by atoms with Crippen molar-refractivity contribution in [2.75, 3.05) is 31.1 Å². The van der Waals surface area contributed by atoms with Crippen LogP contribution in [0, 0.1) is 5.82 Å². The zero-order valence-electron chi connectivity index (χ0n) is 11.8. The molecular weight excluding hydrogens is 243 g/mol. The Kier molecular flexibility index (Phi) is 4.77. The van der Waals surface area contributed by atoms with E-state index in [1.807, 2.05) is 0 Å². The minimum atomic E-state index is -0.286. The molecule has 0 aromatic heterocycles. The van der Waals surface area contributed by atoms with Crippen LogP contribution in [0.2, 0.25) is 0 Å². The van der Waals surface area contributed by atoms with Gasteiger partial charge >= 0.3 is 0 Å². The number of piperazine rings is 1. The monoisotopic (exact) mass is 266 g/mol. The summed E-state index contributed by atoms with van der Waals surface area (Å²) in [4.78, 5) is 4.72. The van der Waals surface area contributed by atoms with Gasteiger partial charge in [0.2, 0.25) is 0 Å². The molecule has 3 nitrogen and oxygen atoms in total. The summed E-state index contributed by atoms with van der Waals surface area (Å²) in [7, 11) is 0. The van der Waals surface area contributed by atoms with Crippen molar-refractivity contribution in [1.82, 2.24) is 4.90 Å². The third-order valence-electron chi connectivity index (χ3n) is 4.08. The summed E-state index contributed by atoms with van der Waals surface area (Å²) in [6.45, 7) is 8.27. The van der Waals surface area contributed by atoms with Crippen molar-refractivity contribution >= 4 is 5.69 Å². The molecule has 0 aliphatic carbocycles. The molecule has 1 fully saturated rings. The Morgan fingerprint density at radius 2 is 1.95 bits per heavy atom. The Morgan fingerprint density at radius 3 is 2.53 bits per heavy atom. The van der Waals surface area contributed by atoms with Crippen molar-refractivity contribution in [2.45, 2.75) is 32.9 Å². The van der Waals surface area contributed by atoms with E-state index in [1.54, 1.807) is 6.07 Å². The van der Waals surface area contributed by atoms with Gasteiger partial charge in [0.25, 0.3) is 0 Å². The predicted octanol–water partition coefficient (Wildman–Crippen LogP) is 2.24. The highest BCUT2D eigenvalue weighted by Crippen LogP contribution is 2.23. The highest BCUT2D eigenvalue weighted by atomic mass is 19.1. The van der Waals surface area contributed by atoms with Gasteiger partial charge in [0.05, 0.1) is 6.61 Å². The van der Waals surface area contributed by atoms with Crippen molar-refractivity contribution in [3.05, 3.63) is 29.6 Å². The van der Waals surface area contributed by atoms with Gasteiger partial charge in [-0.3, -0.25) is 4.90 Å². The number of halogens is 1. The van der Waals surface area contributed by atoms with Gasteiger partial charge in [-0.15, -0.1) is 0 Å². The second-order valence-corrected chi connectivity index (χ2v) is 5.21. The molecule has 1 saturated heterocycles. The number of hydrogen-bond acceptors (Lipinski definition) is 3. The van der Waals surface area contributed by atoms with E-state index in [1.165, 1.54) is 18.6 Å². The zero-order valence-corrected chi connectivity index (χ0v) is 11.8.